The highest BCUT2D eigenvalue weighted by molar-refractivity contribution is 6.03. The molecule has 58 heavy (non-hydrogen) atoms. The molecular weight excluding hydrogens is 735 g/mol. The highest BCUT2D eigenvalue weighted by atomic mass is 16.5. The standard InChI is InChI=1S/C45H41N7O6/c1-26-19-34-38(51(2)45(26)56)22-31(28-13-17-57-18-14-28)23-39(34)52-16-4-6-29-21-37(49-50-42(29)52)30-8-10-36(47-24-30)44(55)46-15-3-5-27-7-11-40-33(20-27)35(25-58-40)32-9-12-41(53)48-43(32)54/h7-8,10-11,19-25,28,32H,4,6,9,12-18H2,1-2H3,(H,46,55)(H,48,53,54). The number of furan rings is 1. The number of nitrogens with one attached hydrogen (secondary N) is 2. The van der Waals surface area contributed by atoms with Gasteiger partial charge in [-0.2, -0.15) is 0 Å². The highest BCUT2D eigenvalue weighted by Crippen LogP contribution is 2.40. The fraction of sp³-hybridized carbons (Fsp3) is 0.311. The zero-order valence-corrected chi connectivity index (χ0v) is 32.3. The number of piperidine rings is 1. The van der Waals surface area contributed by atoms with E-state index in [-0.39, 0.29) is 41.9 Å². The summed E-state index contributed by atoms with van der Waals surface area (Å²) in [6, 6.07) is 17.4. The molecule has 2 N–H and O–H groups in total. The van der Waals surface area contributed by atoms with Gasteiger partial charge in [0.1, 0.15) is 11.3 Å². The molecule has 3 aliphatic heterocycles. The van der Waals surface area contributed by atoms with Crippen LogP contribution in [-0.4, -0.2) is 63.8 Å². The molecular formula is C45H41N7O6. The molecule has 0 radical (unpaired) electrons. The average molecular weight is 776 g/mol. The molecule has 2 fully saturated rings. The normalized spacial score (nSPS) is 17.1. The number of imide groups is 1. The summed E-state index contributed by atoms with van der Waals surface area (Å²) >= 11 is 0. The first-order valence-electron chi connectivity index (χ1n) is 19.7. The minimum Gasteiger partial charge on any atom is -0.464 e. The fourth-order valence-electron chi connectivity index (χ4n) is 8.38. The molecule has 7 heterocycles. The summed E-state index contributed by atoms with van der Waals surface area (Å²) < 4.78 is 13.1. The summed E-state index contributed by atoms with van der Waals surface area (Å²) in [6.07, 6.45) is 7.54. The number of fused-ring (bicyclic) bond motifs is 3. The SMILES string of the molecule is Cc1cc2c(N3CCCc4cc(-c5ccc(C(=O)NCC#Cc6ccc7occ(C8CCC(=O)NC8=O)c7c6)nc5)nnc43)cc(C3CCOCC3)cc2n(C)c1=O. The summed E-state index contributed by atoms with van der Waals surface area (Å²) in [5.41, 5.74) is 8.61. The molecule has 292 valence electrons. The van der Waals surface area contributed by atoms with Crippen molar-refractivity contribution in [3.8, 4) is 23.1 Å². The van der Waals surface area contributed by atoms with Gasteiger partial charge in [0, 0.05) is 72.5 Å². The van der Waals surface area contributed by atoms with Crippen molar-refractivity contribution in [3.63, 3.8) is 0 Å². The summed E-state index contributed by atoms with van der Waals surface area (Å²) in [5.74, 6) is 5.78. The highest BCUT2D eigenvalue weighted by Gasteiger charge is 2.31. The van der Waals surface area contributed by atoms with Crippen LogP contribution in [-0.2, 0) is 27.8 Å². The minimum absolute atomic E-state index is 0.00115. The van der Waals surface area contributed by atoms with Crippen molar-refractivity contribution in [2.24, 2.45) is 7.05 Å². The third kappa shape index (κ3) is 7.00. The van der Waals surface area contributed by atoms with Crippen LogP contribution >= 0.6 is 0 Å². The van der Waals surface area contributed by atoms with Crippen LogP contribution in [0.1, 0.15) is 82.2 Å². The third-order valence-corrected chi connectivity index (χ3v) is 11.5. The summed E-state index contributed by atoms with van der Waals surface area (Å²) in [6.45, 7) is 4.19. The van der Waals surface area contributed by atoms with Crippen molar-refractivity contribution < 1.29 is 23.5 Å². The molecule has 3 aliphatic rings. The molecule has 3 amide bonds. The number of carbonyl (C=O) groups excluding carboxylic acids is 3. The predicted molar refractivity (Wildman–Crippen MR) is 218 cm³/mol. The Morgan fingerprint density at radius 3 is 2.66 bits per heavy atom. The molecule has 0 spiro atoms. The number of carbonyl (C=O) groups is 3. The van der Waals surface area contributed by atoms with Crippen LogP contribution in [0.5, 0.6) is 0 Å². The third-order valence-electron chi connectivity index (χ3n) is 11.5. The lowest BCUT2D eigenvalue weighted by Crippen LogP contribution is -2.39. The number of anilines is 2. The van der Waals surface area contributed by atoms with Crippen LogP contribution in [0, 0.1) is 18.8 Å². The van der Waals surface area contributed by atoms with Gasteiger partial charge in [-0.3, -0.25) is 29.5 Å². The monoisotopic (exact) mass is 775 g/mol. The number of ether oxygens (including phenoxy) is 1. The van der Waals surface area contributed by atoms with Gasteiger partial charge in [-0.15, -0.1) is 10.2 Å². The van der Waals surface area contributed by atoms with Gasteiger partial charge >= 0.3 is 0 Å². The van der Waals surface area contributed by atoms with Crippen molar-refractivity contribution in [1.82, 2.24) is 30.4 Å². The van der Waals surface area contributed by atoms with E-state index >= 15 is 0 Å². The maximum atomic E-state index is 13.0. The lowest BCUT2D eigenvalue weighted by molar-refractivity contribution is -0.134. The molecule has 1 unspecified atom stereocenters. The Kier molecular flexibility index (Phi) is 9.79. The first-order chi connectivity index (χ1) is 28.2. The molecule has 4 aromatic heterocycles. The second kappa shape index (κ2) is 15.4. The molecule has 1 atom stereocenters. The van der Waals surface area contributed by atoms with Gasteiger partial charge in [0.05, 0.1) is 35.6 Å². The molecule has 13 heteroatoms. The van der Waals surface area contributed by atoms with Crippen molar-refractivity contribution >= 4 is 51.1 Å². The molecule has 0 bridgehead atoms. The minimum atomic E-state index is -0.467. The second-order valence-electron chi connectivity index (χ2n) is 15.2. The van der Waals surface area contributed by atoms with Gasteiger partial charge in [0.25, 0.3) is 11.5 Å². The summed E-state index contributed by atoms with van der Waals surface area (Å²) in [5, 5.41) is 16.4. The Balaban J connectivity index is 0.900. The zero-order valence-electron chi connectivity index (χ0n) is 32.3. The van der Waals surface area contributed by atoms with Gasteiger partial charge in [-0.1, -0.05) is 11.8 Å². The summed E-state index contributed by atoms with van der Waals surface area (Å²) in [7, 11) is 1.84. The number of aryl methyl sites for hydroxylation is 3. The second-order valence-corrected chi connectivity index (χ2v) is 15.2. The van der Waals surface area contributed by atoms with Crippen molar-refractivity contribution in [2.75, 3.05) is 31.2 Å². The number of amides is 3. The van der Waals surface area contributed by atoms with E-state index in [1.54, 1.807) is 29.2 Å². The van der Waals surface area contributed by atoms with E-state index in [1.807, 2.05) is 38.2 Å². The largest absolute Gasteiger partial charge is 0.464 e. The van der Waals surface area contributed by atoms with Crippen LogP contribution in [0.2, 0.25) is 0 Å². The number of aromatic nitrogens is 4. The van der Waals surface area contributed by atoms with Crippen LogP contribution in [0.4, 0.5) is 11.5 Å². The van der Waals surface area contributed by atoms with Crippen LogP contribution in [0.3, 0.4) is 0 Å². The summed E-state index contributed by atoms with van der Waals surface area (Å²) in [4.78, 5) is 56.8. The number of pyridine rings is 2. The van der Waals surface area contributed by atoms with E-state index in [1.165, 1.54) is 5.56 Å². The topological polar surface area (TPSA) is 162 Å². The number of rotatable bonds is 6. The van der Waals surface area contributed by atoms with Gasteiger partial charge in [0.15, 0.2) is 5.82 Å². The number of nitrogens with zero attached hydrogens (tertiary/aromatic N) is 5. The lowest BCUT2D eigenvalue weighted by atomic mass is 9.89. The lowest BCUT2D eigenvalue weighted by Gasteiger charge is -2.32. The van der Waals surface area contributed by atoms with E-state index in [0.29, 0.717) is 34.7 Å². The van der Waals surface area contributed by atoms with Crippen molar-refractivity contribution in [1.29, 1.82) is 0 Å². The molecule has 6 aromatic rings. The van der Waals surface area contributed by atoms with Crippen LogP contribution in [0.25, 0.3) is 33.1 Å². The Morgan fingerprint density at radius 2 is 1.84 bits per heavy atom. The Bertz CT molecular complexity index is 2750. The Labute approximate surface area is 333 Å². The van der Waals surface area contributed by atoms with Gasteiger partial charge < -0.3 is 23.9 Å². The molecule has 13 nitrogen and oxygen atoms in total. The van der Waals surface area contributed by atoms with E-state index in [4.69, 9.17) is 14.3 Å². The van der Waals surface area contributed by atoms with E-state index < -0.39 is 5.92 Å². The van der Waals surface area contributed by atoms with Crippen molar-refractivity contribution in [3.05, 3.63) is 111 Å². The van der Waals surface area contributed by atoms with E-state index in [2.05, 4.69) is 55.7 Å². The molecule has 2 aromatic carbocycles. The quantitative estimate of drug-likeness (QED) is 0.158. The number of hydrogen-bond acceptors (Lipinski definition) is 10. The molecule has 0 saturated carbocycles. The Morgan fingerprint density at radius 1 is 0.983 bits per heavy atom. The van der Waals surface area contributed by atoms with Gasteiger partial charge in [-0.25, -0.2) is 0 Å². The first-order valence-corrected chi connectivity index (χ1v) is 19.7. The predicted octanol–water partition coefficient (Wildman–Crippen LogP) is 5.73. The van der Waals surface area contributed by atoms with E-state index in [0.717, 1.165) is 89.9 Å². The number of hydrogen-bond donors (Lipinski definition) is 2. The van der Waals surface area contributed by atoms with Crippen LogP contribution < -0.4 is 21.1 Å². The maximum absolute atomic E-state index is 13.0. The number of benzene rings is 2. The maximum Gasteiger partial charge on any atom is 0.270 e. The van der Waals surface area contributed by atoms with Gasteiger partial charge in [-0.05, 0) is 111 Å². The average Bonchev–Trinajstić information content (AvgIpc) is 3.67. The molecule has 2 saturated heterocycles. The Hall–Kier alpha value is -6.65. The van der Waals surface area contributed by atoms with Crippen LogP contribution in [0.15, 0.2) is 76.3 Å². The molecule has 9 rings (SSSR count). The zero-order chi connectivity index (χ0) is 39.9. The van der Waals surface area contributed by atoms with Gasteiger partial charge in [0.2, 0.25) is 11.8 Å². The smallest absolute Gasteiger partial charge is 0.270 e. The fourth-order valence-corrected chi connectivity index (χ4v) is 8.38. The van der Waals surface area contributed by atoms with E-state index in [9.17, 15) is 19.2 Å². The first kappa shape index (κ1) is 37.0. The van der Waals surface area contributed by atoms with Crippen molar-refractivity contribution in [2.45, 2.75) is 57.3 Å². The molecule has 0 aliphatic carbocycles.